The normalized spacial score (nSPS) is 13.1. The second-order valence-corrected chi connectivity index (χ2v) is 3.88. The minimum atomic E-state index is -2.44. The molecule has 90 valence electrons. The van der Waals surface area contributed by atoms with Crippen molar-refractivity contribution in [3.8, 4) is 0 Å². The minimum Gasteiger partial charge on any atom is -0.374 e. The van der Waals surface area contributed by atoms with Crippen LogP contribution in [0.3, 0.4) is 0 Å². The van der Waals surface area contributed by atoms with Gasteiger partial charge in [0.15, 0.2) is 0 Å². The van der Waals surface area contributed by atoms with Crippen LogP contribution in [-0.2, 0) is 4.74 Å². The van der Waals surface area contributed by atoms with E-state index in [1.54, 1.807) is 0 Å². The fraction of sp³-hybridized carbons (Fsp3) is 0.500. The Bertz CT molecular complexity index is 342. The lowest BCUT2D eigenvalue weighted by Gasteiger charge is -2.13. The Morgan fingerprint density at radius 1 is 1.19 bits per heavy atom. The number of ether oxygens (including phenoxy) is 1. The second-order valence-electron chi connectivity index (χ2n) is 3.88. The summed E-state index contributed by atoms with van der Waals surface area (Å²) >= 11 is 0. The summed E-state index contributed by atoms with van der Waals surface area (Å²) in [5, 5.41) is 0. The molecule has 0 aliphatic rings. The van der Waals surface area contributed by atoms with Crippen molar-refractivity contribution in [1.29, 1.82) is 0 Å². The molecule has 0 aliphatic heterocycles. The van der Waals surface area contributed by atoms with Crippen molar-refractivity contribution in [1.82, 2.24) is 0 Å². The second kappa shape index (κ2) is 5.92. The molecular weight excluding hydrogens is 212 g/mol. The van der Waals surface area contributed by atoms with E-state index in [1.807, 2.05) is 32.0 Å². The standard InChI is InChI=1S/C12H17F2NO/c1-8-3-4-10(5-9(8)2)11(15)6-16-7-12(13)14/h3-5,11-12H,6-7,15H2,1-2H3. The van der Waals surface area contributed by atoms with Gasteiger partial charge >= 0.3 is 0 Å². The van der Waals surface area contributed by atoms with E-state index in [2.05, 4.69) is 0 Å². The van der Waals surface area contributed by atoms with E-state index in [0.29, 0.717) is 0 Å². The average molecular weight is 229 g/mol. The molecule has 2 N–H and O–H groups in total. The fourth-order valence-electron chi connectivity index (χ4n) is 1.38. The molecule has 0 fully saturated rings. The first-order chi connectivity index (χ1) is 7.50. The highest BCUT2D eigenvalue weighted by Crippen LogP contribution is 2.15. The van der Waals surface area contributed by atoms with Crippen LogP contribution in [-0.4, -0.2) is 19.6 Å². The summed E-state index contributed by atoms with van der Waals surface area (Å²) in [6.07, 6.45) is -2.44. The van der Waals surface area contributed by atoms with Crippen LogP contribution in [0.4, 0.5) is 8.78 Å². The minimum absolute atomic E-state index is 0.118. The van der Waals surface area contributed by atoms with Gasteiger partial charge in [0.1, 0.15) is 6.61 Å². The monoisotopic (exact) mass is 229 g/mol. The lowest BCUT2D eigenvalue weighted by Crippen LogP contribution is -2.19. The number of nitrogens with two attached hydrogens (primary N) is 1. The number of hydrogen-bond donors (Lipinski definition) is 1. The van der Waals surface area contributed by atoms with Gasteiger partial charge in [-0.1, -0.05) is 18.2 Å². The lowest BCUT2D eigenvalue weighted by atomic mass is 10.0. The van der Waals surface area contributed by atoms with E-state index < -0.39 is 13.0 Å². The van der Waals surface area contributed by atoms with E-state index in [4.69, 9.17) is 10.5 Å². The van der Waals surface area contributed by atoms with E-state index >= 15 is 0 Å². The van der Waals surface area contributed by atoms with Gasteiger partial charge in [-0.2, -0.15) is 0 Å². The van der Waals surface area contributed by atoms with Crippen molar-refractivity contribution in [2.24, 2.45) is 5.73 Å². The number of alkyl halides is 2. The SMILES string of the molecule is Cc1ccc(C(N)COCC(F)F)cc1C. The largest absolute Gasteiger partial charge is 0.374 e. The van der Waals surface area contributed by atoms with Gasteiger partial charge in [0.2, 0.25) is 0 Å². The number of aryl methyl sites for hydroxylation is 2. The van der Waals surface area contributed by atoms with Crippen LogP contribution in [0.2, 0.25) is 0 Å². The van der Waals surface area contributed by atoms with Crippen molar-refractivity contribution in [3.63, 3.8) is 0 Å². The molecule has 16 heavy (non-hydrogen) atoms. The molecule has 0 radical (unpaired) electrons. The molecule has 0 spiro atoms. The van der Waals surface area contributed by atoms with Crippen molar-refractivity contribution >= 4 is 0 Å². The topological polar surface area (TPSA) is 35.2 Å². The summed E-state index contributed by atoms with van der Waals surface area (Å²) in [4.78, 5) is 0. The molecule has 0 saturated heterocycles. The predicted octanol–water partition coefficient (Wildman–Crippen LogP) is 2.58. The first kappa shape index (κ1) is 13.1. The Morgan fingerprint density at radius 3 is 2.44 bits per heavy atom. The first-order valence-electron chi connectivity index (χ1n) is 5.19. The third-order valence-electron chi connectivity index (χ3n) is 2.50. The maximum atomic E-state index is 11.8. The Morgan fingerprint density at radius 2 is 1.88 bits per heavy atom. The highest BCUT2D eigenvalue weighted by Gasteiger charge is 2.09. The maximum Gasteiger partial charge on any atom is 0.261 e. The van der Waals surface area contributed by atoms with Gasteiger partial charge in [-0.3, -0.25) is 0 Å². The molecular formula is C12H17F2NO. The maximum absolute atomic E-state index is 11.8. The Hall–Kier alpha value is -1.00. The third kappa shape index (κ3) is 3.87. The van der Waals surface area contributed by atoms with Crippen molar-refractivity contribution < 1.29 is 13.5 Å². The van der Waals surface area contributed by atoms with Gasteiger partial charge < -0.3 is 10.5 Å². The molecule has 0 aliphatic carbocycles. The Labute approximate surface area is 94.4 Å². The van der Waals surface area contributed by atoms with Crippen molar-refractivity contribution in [2.45, 2.75) is 26.3 Å². The molecule has 4 heteroatoms. The van der Waals surface area contributed by atoms with Gasteiger partial charge in [-0.05, 0) is 30.5 Å². The molecule has 0 bridgehead atoms. The Kier molecular flexibility index (Phi) is 4.83. The van der Waals surface area contributed by atoms with Crippen molar-refractivity contribution in [2.75, 3.05) is 13.2 Å². The molecule has 1 unspecified atom stereocenters. The predicted molar refractivity (Wildman–Crippen MR) is 59.7 cm³/mol. The average Bonchev–Trinajstić information content (AvgIpc) is 2.21. The molecule has 0 amide bonds. The number of benzene rings is 1. The zero-order valence-corrected chi connectivity index (χ0v) is 9.54. The summed E-state index contributed by atoms with van der Waals surface area (Å²) in [6.45, 7) is 3.56. The number of hydrogen-bond acceptors (Lipinski definition) is 2. The lowest BCUT2D eigenvalue weighted by molar-refractivity contribution is 0.0125. The zero-order valence-electron chi connectivity index (χ0n) is 9.54. The van der Waals surface area contributed by atoms with Gasteiger partial charge in [0.25, 0.3) is 6.43 Å². The summed E-state index contributed by atoms with van der Waals surface area (Å²) in [5.41, 5.74) is 9.07. The van der Waals surface area contributed by atoms with Crippen LogP contribution in [0, 0.1) is 13.8 Å². The van der Waals surface area contributed by atoms with Crippen LogP contribution in [0.15, 0.2) is 18.2 Å². The summed E-state index contributed by atoms with van der Waals surface area (Å²) < 4.78 is 28.5. The molecule has 1 atom stereocenters. The van der Waals surface area contributed by atoms with E-state index in [-0.39, 0.29) is 12.6 Å². The van der Waals surface area contributed by atoms with Crippen LogP contribution in [0.5, 0.6) is 0 Å². The van der Waals surface area contributed by atoms with Gasteiger partial charge in [-0.15, -0.1) is 0 Å². The Balaban J connectivity index is 2.52. The van der Waals surface area contributed by atoms with Crippen LogP contribution in [0.1, 0.15) is 22.7 Å². The van der Waals surface area contributed by atoms with Crippen LogP contribution >= 0.6 is 0 Å². The summed E-state index contributed by atoms with van der Waals surface area (Å²) in [7, 11) is 0. The third-order valence-corrected chi connectivity index (χ3v) is 2.50. The van der Waals surface area contributed by atoms with Gasteiger partial charge in [0, 0.05) is 0 Å². The van der Waals surface area contributed by atoms with Crippen molar-refractivity contribution in [3.05, 3.63) is 34.9 Å². The van der Waals surface area contributed by atoms with Gasteiger partial charge in [0.05, 0.1) is 12.6 Å². The highest BCUT2D eigenvalue weighted by atomic mass is 19.3. The summed E-state index contributed by atoms with van der Waals surface area (Å²) in [6, 6.07) is 5.49. The number of rotatable bonds is 5. The summed E-state index contributed by atoms with van der Waals surface area (Å²) in [5.74, 6) is 0. The molecule has 1 aromatic rings. The van der Waals surface area contributed by atoms with E-state index in [9.17, 15) is 8.78 Å². The quantitative estimate of drug-likeness (QED) is 0.842. The molecule has 0 heterocycles. The smallest absolute Gasteiger partial charge is 0.261 e. The molecule has 1 rings (SSSR count). The molecule has 0 aromatic heterocycles. The highest BCUT2D eigenvalue weighted by molar-refractivity contribution is 5.31. The van der Waals surface area contributed by atoms with E-state index in [1.165, 1.54) is 5.56 Å². The first-order valence-corrected chi connectivity index (χ1v) is 5.19. The van der Waals surface area contributed by atoms with Crippen LogP contribution < -0.4 is 5.73 Å². The van der Waals surface area contributed by atoms with Gasteiger partial charge in [-0.25, -0.2) is 8.78 Å². The zero-order chi connectivity index (χ0) is 12.1. The number of halogens is 2. The fourth-order valence-corrected chi connectivity index (χ4v) is 1.38. The van der Waals surface area contributed by atoms with Crippen LogP contribution in [0.25, 0.3) is 0 Å². The molecule has 0 saturated carbocycles. The van der Waals surface area contributed by atoms with E-state index in [0.717, 1.165) is 11.1 Å². The molecule has 2 nitrogen and oxygen atoms in total. The molecule has 1 aromatic carbocycles.